The topological polar surface area (TPSA) is 83.7 Å². The summed E-state index contributed by atoms with van der Waals surface area (Å²) in [7, 11) is -3.18. The molecule has 0 aromatic heterocycles. The van der Waals surface area contributed by atoms with Crippen LogP contribution in [0.15, 0.2) is 0 Å². The normalized spacial score (nSPS) is 21.8. The fourth-order valence-electron chi connectivity index (χ4n) is 4.35. The van der Waals surface area contributed by atoms with E-state index in [1.807, 2.05) is 11.8 Å². The summed E-state index contributed by atoms with van der Waals surface area (Å²) in [6, 6.07) is 0.0206. The highest BCUT2D eigenvalue weighted by atomic mass is 35.5. The van der Waals surface area contributed by atoms with Crippen molar-refractivity contribution in [3.63, 3.8) is 0 Å². The Balaban J connectivity index is 0.00000312. The number of hydrogen-bond donors (Lipinski definition) is 1. The van der Waals surface area contributed by atoms with E-state index in [4.69, 9.17) is 5.73 Å². The standard InChI is InChI=1S/C17H33N3O3S.ClH/c1-3-20(24(2,22)23)15-7-11-19(12-8-15)16(21)13-17(14-18)9-5-4-6-10-17;/h15H,3-14,18H2,1-2H3;1H. The molecule has 6 nitrogen and oxygen atoms in total. The van der Waals surface area contributed by atoms with E-state index in [9.17, 15) is 13.2 Å². The maximum atomic E-state index is 12.7. The highest BCUT2D eigenvalue weighted by molar-refractivity contribution is 7.88. The van der Waals surface area contributed by atoms with Crippen LogP contribution in [0.2, 0.25) is 0 Å². The molecule has 148 valence electrons. The summed E-state index contributed by atoms with van der Waals surface area (Å²) < 4.78 is 25.3. The third-order valence-electron chi connectivity index (χ3n) is 5.84. The Morgan fingerprint density at radius 3 is 2.20 bits per heavy atom. The number of halogens is 1. The zero-order chi connectivity index (χ0) is 17.8. The summed E-state index contributed by atoms with van der Waals surface area (Å²) >= 11 is 0. The zero-order valence-corrected chi connectivity index (χ0v) is 17.2. The molecule has 1 aliphatic heterocycles. The largest absolute Gasteiger partial charge is 0.343 e. The Morgan fingerprint density at radius 1 is 1.20 bits per heavy atom. The number of carbonyl (C=O) groups excluding carboxylic acids is 1. The second kappa shape index (κ2) is 9.53. The molecule has 2 N–H and O–H groups in total. The summed E-state index contributed by atoms with van der Waals surface area (Å²) in [6.07, 6.45) is 8.98. The van der Waals surface area contributed by atoms with Crippen molar-refractivity contribution in [2.45, 2.75) is 64.3 Å². The van der Waals surface area contributed by atoms with E-state index in [-0.39, 0.29) is 29.8 Å². The highest BCUT2D eigenvalue weighted by Gasteiger charge is 2.36. The van der Waals surface area contributed by atoms with Gasteiger partial charge in [0, 0.05) is 32.1 Å². The molecule has 0 bridgehead atoms. The van der Waals surface area contributed by atoms with Crippen LogP contribution in [0.3, 0.4) is 0 Å². The molecule has 1 saturated carbocycles. The highest BCUT2D eigenvalue weighted by Crippen LogP contribution is 2.39. The van der Waals surface area contributed by atoms with Crippen molar-refractivity contribution in [2.24, 2.45) is 11.1 Å². The van der Waals surface area contributed by atoms with Gasteiger partial charge in [-0.15, -0.1) is 12.4 Å². The van der Waals surface area contributed by atoms with Crippen molar-refractivity contribution in [1.29, 1.82) is 0 Å². The number of piperidine rings is 1. The lowest BCUT2D eigenvalue weighted by molar-refractivity contribution is -0.135. The van der Waals surface area contributed by atoms with Gasteiger partial charge in [0.1, 0.15) is 0 Å². The first-order valence-electron chi connectivity index (χ1n) is 9.26. The Kier molecular flexibility index (Phi) is 8.64. The number of nitrogens with zero attached hydrogens (tertiary/aromatic N) is 2. The minimum Gasteiger partial charge on any atom is -0.343 e. The molecule has 1 amide bonds. The van der Waals surface area contributed by atoms with Gasteiger partial charge >= 0.3 is 0 Å². The van der Waals surface area contributed by atoms with E-state index in [0.29, 0.717) is 32.6 Å². The number of nitrogens with two attached hydrogens (primary N) is 1. The monoisotopic (exact) mass is 395 g/mol. The molecule has 0 atom stereocenters. The number of hydrogen-bond acceptors (Lipinski definition) is 4. The van der Waals surface area contributed by atoms with Gasteiger partial charge in [-0.2, -0.15) is 4.31 Å². The molecule has 1 heterocycles. The van der Waals surface area contributed by atoms with E-state index >= 15 is 0 Å². The third kappa shape index (κ3) is 5.81. The van der Waals surface area contributed by atoms with Crippen LogP contribution in [0.5, 0.6) is 0 Å². The van der Waals surface area contributed by atoms with E-state index in [1.165, 1.54) is 25.5 Å². The lowest BCUT2D eigenvalue weighted by Crippen LogP contribution is -2.49. The first kappa shape index (κ1) is 22.7. The van der Waals surface area contributed by atoms with Crippen molar-refractivity contribution < 1.29 is 13.2 Å². The lowest BCUT2D eigenvalue weighted by Gasteiger charge is -2.40. The molecule has 0 spiro atoms. The van der Waals surface area contributed by atoms with Crippen LogP contribution in [0.25, 0.3) is 0 Å². The first-order valence-corrected chi connectivity index (χ1v) is 11.1. The maximum absolute atomic E-state index is 12.7. The van der Waals surface area contributed by atoms with Crippen LogP contribution in [-0.4, -0.2) is 62.0 Å². The molecule has 0 aromatic carbocycles. The van der Waals surface area contributed by atoms with Crippen molar-refractivity contribution in [2.75, 3.05) is 32.4 Å². The average molecular weight is 396 g/mol. The fourth-order valence-corrected chi connectivity index (χ4v) is 5.58. The number of likely N-dealkylation sites (tertiary alicyclic amines) is 1. The average Bonchev–Trinajstić information content (AvgIpc) is 2.55. The molecule has 1 saturated heterocycles. The molecule has 0 radical (unpaired) electrons. The number of carbonyl (C=O) groups is 1. The van der Waals surface area contributed by atoms with Gasteiger partial charge < -0.3 is 10.6 Å². The summed E-state index contributed by atoms with van der Waals surface area (Å²) in [5, 5.41) is 0. The van der Waals surface area contributed by atoms with Crippen LogP contribution >= 0.6 is 12.4 Å². The van der Waals surface area contributed by atoms with Crippen LogP contribution < -0.4 is 5.73 Å². The molecule has 1 aliphatic carbocycles. The van der Waals surface area contributed by atoms with Crippen molar-refractivity contribution in [3.05, 3.63) is 0 Å². The van der Waals surface area contributed by atoms with Crippen molar-refractivity contribution >= 4 is 28.3 Å². The Labute approximate surface area is 159 Å². The molecule has 2 rings (SSSR count). The second-order valence-corrected chi connectivity index (χ2v) is 9.45. The lowest BCUT2D eigenvalue weighted by atomic mass is 9.71. The van der Waals surface area contributed by atoms with Gasteiger partial charge in [0.05, 0.1) is 6.26 Å². The van der Waals surface area contributed by atoms with Gasteiger partial charge in [0.2, 0.25) is 15.9 Å². The van der Waals surface area contributed by atoms with Gasteiger partial charge in [0.25, 0.3) is 0 Å². The van der Waals surface area contributed by atoms with Crippen LogP contribution in [-0.2, 0) is 14.8 Å². The second-order valence-electron chi connectivity index (χ2n) is 7.52. The smallest absolute Gasteiger partial charge is 0.223 e. The summed E-state index contributed by atoms with van der Waals surface area (Å²) in [5.41, 5.74) is 5.99. The van der Waals surface area contributed by atoms with E-state index in [1.54, 1.807) is 4.31 Å². The SMILES string of the molecule is CCN(C1CCN(C(=O)CC2(CN)CCCCC2)CC1)S(C)(=O)=O.Cl. The number of rotatable bonds is 6. The van der Waals surface area contributed by atoms with Crippen molar-refractivity contribution in [1.82, 2.24) is 9.21 Å². The summed E-state index contributed by atoms with van der Waals surface area (Å²) in [6.45, 7) is 4.25. The summed E-state index contributed by atoms with van der Waals surface area (Å²) in [4.78, 5) is 14.6. The molecular weight excluding hydrogens is 362 g/mol. The van der Waals surface area contributed by atoms with Gasteiger partial charge in [-0.05, 0) is 37.6 Å². The van der Waals surface area contributed by atoms with E-state index < -0.39 is 10.0 Å². The minimum absolute atomic E-state index is 0. The molecule has 25 heavy (non-hydrogen) atoms. The van der Waals surface area contributed by atoms with Crippen LogP contribution in [0.1, 0.15) is 58.3 Å². The van der Waals surface area contributed by atoms with Crippen LogP contribution in [0.4, 0.5) is 0 Å². The quantitative estimate of drug-likeness (QED) is 0.745. The minimum atomic E-state index is -3.18. The third-order valence-corrected chi connectivity index (χ3v) is 7.24. The molecule has 0 unspecified atom stereocenters. The maximum Gasteiger partial charge on any atom is 0.223 e. The first-order chi connectivity index (χ1) is 11.3. The van der Waals surface area contributed by atoms with Gasteiger partial charge in [-0.1, -0.05) is 26.2 Å². The molecule has 8 heteroatoms. The fraction of sp³-hybridized carbons (Fsp3) is 0.941. The van der Waals surface area contributed by atoms with Gasteiger partial charge in [-0.25, -0.2) is 8.42 Å². The molecule has 2 fully saturated rings. The predicted octanol–water partition coefficient (Wildman–Crippen LogP) is 1.98. The van der Waals surface area contributed by atoms with Gasteiger partial charge in [0.15, 0.2) is 0 Å². The van der Waals surface area contributed by atoms with Gasteiger partial charge in [-0.3, -0.25) is 4.79 Å². The molecule has 0 aromatic rings. The van der Waals surface area contributed by atoms with Crippen LogP contribution in [0, 0.1) is 5.41 Å². The van der Waals surface area contributed by atoms with E-state index in [2.05, 4.69) is 0 Å². The molecular formula is C17H34ClN3O3S. The predicted molar refractivity (Wildman–Crippen MR) is 103 cm³/mol. The molecule has 2 aliphatic rings. The Bertz CT molecular complexity index is 527. The Hall–Kier alpha value is -0.370. The summed E-state index contributed by atoms with van der Waals surface area (Å²) in [5.74, 6) is 0.197. The number of amides is 1. The van der Waals surface area contributed by atoms with E-state index in [0.717, 1.165) is 25.7 Å². The number of sulfonamides is 1. The Morgan fingerprint density at radius 2 is 1.76 bits per heavy atom. The van der Waals surface area contributed by atoms with Crippen molar-refractivity contribution in [3.8, 4) is 0 Å². The zero-order valence-electron chi connectivity index (χ0n) is 15.6.